The van der Waals surface area contributed by atoms with Crippen LogP contribution in [0.3, 0.4) is 0 Å². The van der Waals surface area contributed by atoms with E-state index in [-0.39, 0.29) is 17.6 Å². The molecule has 0 fully saturated rings. The van der Waals surface area contributed by atoms with Gasteiger partial charge in [0.05, 0.1) is 24.4 Å². The van der Waals surface area contributed by atoms with E-state index >= 15 is 0 Å². The van der Waals surface area contributed by atoms with E-state index in [0.717, 1.165) is 0 Å². The summed E-state index contributed by atoms with van der Waals surface area (Å²) in [6.07, 6.45) is 0.728. The van der Waals surface area contributed by atoms with Gasteiger partial charge in [-0.2, -0.15) is 0 Å². The molecule has 0 spiro atoms. The molecule has 0 aliphatic heterocycles. The van der Waals surface area contributed by atoms with E-state index in [9.17, 15) is 4.79 Å². The lowest BCUT2D eigenvalue weighted by molar-refractivity contribution is -0.316. The van der Waals surface area contributed by atoms with Crippen LogP contribution in [0, 0.1) is 5.41 Å². The van der Waals surface area contributed by atoms with Crippen LogP contribution in [-0.2, 0) is 14.4 Å². The van der Waals surface area contributed by atoms with Crippen LogP contribution in [0.25, 0.3) is 0 Å². The Hall–Kier alpha value is -0.850. The van der Waals surface area contributed by atoms with Gasteiger partial charge in [-0.25, -0.2) is 9.68 Å². The number of nitrogens with one attached hydrogen (secondary N) is 1. The molecule has 0 saturated heterocycles. The molecule has 0 heterocycles. The number of amides is 1. The second kappa shape index (κ2) is 8.50. The second-order valence-electron chi connectivity index (χ2n) is 9.10. The van der Waals surface area contributed by atoms with Gasteiger partial charge in [-0.3, -0.25) is 5.26 Å². The fourth-order valence-electron chi connectivity index (χ4n) is 1.56. The average Bonchev–Trinajstić information content (AvgIpc) is 2.35. The SMILES string of the molecule is CC(C)(CCOC(C)(C)CCOC(=O)NC(C)(C)C(C)(C)C)OO. The Kier molecular flexibility index (Phi) is 8.20. The second-order valence-corrected chi connectivity index (χ2v) is 9.10. The summed E-state index contributed by atoms with van der Waals surface area (Å²) in [6.45, 7) is 18.4. The highest BCUT2D eigenvalue weighted by molar-refractivity contribution is 5.68. The van der Waals surface area contributed by atoms with E-state index in [4.69, 9.17) is 14.7 Å². The molecule has 0 saturated carbocycles. The maximum absolute atomic E-state index is 12.0. The van der Waals surface area contributed by atoms with Gasteiger partial charge in [0, 0.05) is 18.4 Å². The van der Waals surface area contributed by atoms with Gasteiger partial charge in [0.1, 0.15) is 0 Å². The Morgan fingerprint density at radius 1 is 0.875 bits per heavy atom. The van der Waals surface area contributed by atoms with Crippen molar-refractivity contribution < 1.29 is 24.4 Å². The predicted molar refractivity (Wildman–Crippen MR) is 95.1 cm³/mol. The Balaban J connectivity index is 4.19. The molecule has 6 heteroatoms. The number of alkyl carbamates (subject to hydrolysis) is 1. The van der Waals surface area contributed by atoms with Gasteiger partial charge in [-0.15, -0.1) is 0 Å². The van der Waals surface area contributed by atoms with Crippen LogP contribution in [0.1, 0.15) is 75.2 Å². The first-order valence-electron chi connectivity index (χ1n) is 8.53. The molecule has 0 aromatic heterocycles. The molecule has 6 nitrogen and oxygen atoms in total. The molecule has 0 rings (SSSR count). The lowest BCUT2D eigenvalue weighted by Gasteiger charge is -2.39. The molecule has 0 bridgehead atoms. The number of carbonyl (C=O) groups excluding carboxylic acids is 1. The summed E-state index contributed by atoms with van der Waals surface area (Å²) in [7, 11) is 0. The van der Waals surface area contributed by atoms with Crippen molar-refractivity contribution in [3.05, 3.63) is 0 Å². The van der Waals surface area contributed by atoms with Gasteiger partial charge < -0.3 is 14.8 Å². The zero-order valence-corrected chi connectivity index (χ0v) is 16.9. The van der Waals surface area contributed by atoms with Gasteiger partial charge in [0.15, 0.2) is 0 Å². The number of ether oxygens (including phenoxy) is 2. The molecule has 24 heavy (non-hydrogen) atoms. The standard InChI is InChI=1S/C18H37NO5/c1-15(2,3)18(8,9)19-14(20)22-12-10-16(4,5)23-13-11-17(6,7)24-21/h21H,10-13H2,1-9H3,(H,19,20). The lowest BCUT2D eigenvalue weighted by atomic mass is 9.76. The van der Waals surface area contributed by atoms with Crippen molar-refractivity contribution in [1.29, 1.82) is 0 Å². The quantitative estimate of drug-likeness (QED) is 0.478. The number of carbonyl (C=O) groups is 1. The summed E-state index contributed by atoms with van der Waals surface area (Å²) in [5, 5.41) is 11.7. The molecule has 0 aliphatic carbocycles. The van der Waals surface area contributed by atoms with Crippen molar-refractivity contribution >= 4 is 6.09 Å². The normalized spacial score (nSPS) is 13.8. The predicted octanol–water partition coefficient (Wildman–Crippen LogP) is 4.38. The topological polar surface area (TPSA) is 77.0 Å². The summed E-state index contributed by atoms with van der Waals surface area (Å²) >= 11 is 0. The highest BCUT2D eigenvalue weighted by Crippen LogP contribution is 2.29. The highest BCUT2D eigenvalue weighted by atomic mass is 17.1. The molecule has 0 aliphatic rings. The summed E-state index contributed by atoms with van der Waals surface area (Å²) in [5.74, 6) is 0. The molecular weight excluding hydrogens is 310 g/mol. The van der Waals surface area contributed by atoms with Crippen molar-refractivity contribution in [1.82, 2.24) is 5.32 Å². The molecule has 0 unspecified atom stereocenters. The summed E-state index contributed by atoms with van der Waals surface area (Å²) in [6, 6.07) is 0. The minimum absolute atomic E-state index is 0.0734. The van der Waals surface area contributed by atoms with Gasteiger partial charge in [-0.1, -0.05) is 20.8 Å². The fourth-order valence-corrected chi connectivity index (χ4v) is 1.56. The van der Waals surface area contributed by atoms with E-state index in [2.05, 4.69) is 31.0 Å². The number of rotatable bonds is 9. The van der Waals surface area contributed by atoms with E-state index in [1.165, 1.54) is 0 Å². The van der Waals surface area contributed by atoms with E-state index in [0.29, 0.717) is 19.4 Å². The van der Waals surface area contributed by atoms with Crippen LogP contribution < -0.4 is 5.32 Å². The first-order chi connectivity index (χ1) is 10.6. The van der Waals surface area contributed by atoms with Crippen LogP contribution in [0.5, 0.6) is 0 Å². The minimum atomic E-state index is -0.634. The zero-order chi connectivity index (χ0) is 19.2. The van der Waals surface area contributed by atoms with Crippen molar-refractivity contribution in [2.75, 3.05) is 13.2 Å². The molecule has 0 aromatic carbocycles. The van der Waals surface area contributed by atoms with Crippen LogP contribution in [0.15, 0.2) is 0 Å². The minimum Gasteiger partial charge on any atom is -0.449 e. The average molecular weight is 347 g/mol. The van der Waals surface area contributed by atoms with Crippen molar-refractivity contribution in [3.63, 3.8) is 0 Å². The Morgan fingerprint density at radius 3 is 1.83 bits per heavy atom. The van der Waals surface area contributed by atoms with Crippen molar-refractivity contribution in [3.8, 4) is 0 Å². The van der Waals surface area contributed by atoms with E-state index < -0.39 is 17.3 Å². The maximum Gasteiger partial charge on any atom is 0.407 e. The third kappa shape index (κ3) is 8.85. The van der Waals surface area contributed by atoms with Crippen LogP contribution in [0.2, 0.25) is 0 Å². The number of hydrogen-bond acceptors (Lipinski definition) is 5. The van der Waals surface area contributed by atoms with E-state index in [1.54, 1.807) is 13.8 Å². The Labute approximate surface area is 147 Å². The Bertz CT molecular complexity index is 397. The van der Waals surface area contributed by atoms with E-state index in [1.807, 2.05) is 27.7 Å². The smallest absolute Gasteiger partial charge is 0.407 e. The number of hydrogen-bond donors (Lipinski definition) is 2. The largest absolute Gasteiger partial charge is 0.449 e. The third-order valence-corrected chi connectivity index (χ3v) is 4.67. The fraction of sp³-hybridized carbons (Fsp3) is 0.944. The molecule has 1 amide bonds. The molecular formula is C18H37NO5. The summed E-state index contributed by atoms with van der Waals surface area (Å²) in [4.78, 5) is 16.3. The molecule has 0 aromatic rings. The summed E-state index contributed by atoms with van der Waals surface area (Å²) < 4.78 is 11.1. The molecule has 2 N–H and O–H groups in total. The monoisotopic (exact) mass is 347 g/mol. The first-order valence-corrected chi connectivity index (χ1v) is 8.53. The van der Waals surface area contributed by atoms with Crippen LogP contribution in [-0.4, -0.2) is 41.3 Å². The van der Waals surface area contributed by atoms with Gasteiger partial charge >= 0.3 is 6.09 Å². The molecule has 144 valence electrons. The van der Waals surface area contributed by atoms with Crippen molar-refractivity contribution in [2.24, 2.45) is 5.41 Å². The van der Waals surface area contributed by atoms with Crippen LogP contribution >= 0.6 is 0 Å². The van der Waals surface area contributed by atoms with Gasteiger partial charge in [0.2, 0.25) is 0 Å². The van der Waals surface area contributed by atoms with Gasteiger partial charge in [0.25, 0.3) is 0 Å². The van der Waals surface area contributed by atoms with Crippen molar-refractivity contribution in [2.45, 2.75) is 91.9 Å². The third-order valence-electron chi connectivity index (χ3n) is 4.67. The Morgan fingerprint density at radius 2 is 1.38 bits per heavy atom. The molecule has 0 radical (unpaired) electrons. The lowest BCUT2D eigenvalue weighted by Crippen LogP contribution is -2.52. The highest BCUT2D eigenvalue weighted by Gasteiger charge is 2.34. The summed E-state index contributed by atoms with van der Waals surface area (Å²) in [5.41, 5.74) is -1.50. The zero-order valence-electron chi connectivity index (χ0n) is 16.9. The van der Waals surface area contributed by atoms with Gasteiger partial charge in [-0.05, 0) is 47.0 Å². The maximum atomic E-state index is 12.0. The first kappa shape index (κ1) is 23.1. The van der Waals surface area contributed by atoms with Crippen LogP contribution in [0.4, 0.5) is 4.79 Å². The molecule has 0 atom stereocenters.